The number of hydrogen-bond donors (Lipinski definition) is 3. The molecule has 0 aromatic rings. The second-order valence-electron chi connectivity index (χ2n) is 14.0. The highest BCUT2D eigenvalue weighted by atomic mass is 16.3. The van der Waals surface area contributed by atoms with Crippen molar-refractivity contribution in [3.05, 3.63) is 24.3 Å². The van der Waals surface area contributed by atoms with Crippen LogP contribution in [0.15, 0.2) is 24.3 Å². The fourth-order valence-electron chi connectivity index (χ4n) is 6.34. The number of aliphatic hydroxyl groups excluding tert-OH is 2. The Hall–Kier alpha value is -1.13. The molecule has 272 valence electrons. The molecule has 0 heterocycles. The molecule has 0 rings (SSSR count). The molecule has 0 aromatic heterocycles. The van der Waals surface area contributed by atoms with E-state index in [9.17, 15) is 15.0 Å². The fraction of sp³-hybridized carbons (Fsp3) is 0.881. The molecule has 0 aliphatic heterocycles. The number of hydrogen-bond acceptors (Lipinski definition) is 3. The molecule has 0 saturated carbocycles. The monoisotopic (exact) mass is 648 g/mol. The van der Waals surface area contributed by atoms with Gasteiger partial charge in [-0.3, -0.25) is 4.79 Å². The fourth-order valence-corrected chi connectivity index (χ4v) is 6.34. The highest BCUT2D eigenvalue weighted by Gasteiger charge is 2.19. The van der Waals surface area contributed by atoms with Crippen LogP contribution < -0.4 is 5.32 Å². The molecule has 0 aromatic carbocycles. The van der Waals surface area contributed by atoms with Gasteiger partial charge >= 0.3 is 0 Å². The van der Waals surface area contributed by atoms with Gasteiger partial charge < -0.3 is 15.5 Å². The lowest BCUT2D eigenvalue weighted by atomic mass is 10.0. The molecule has 4 nitrogen and oxygen atoms in total. The molecule has 46 heavy (non-hydrogen) atoms. The zero-order valence-corrected chi connectivity index (χ0v) is 31.1. The van der Waals surface area contributed by atoms with Crippen LogP contribution in [0.3, 0.4) is 0 Å². The summed E-state index contributed by atoms with van der Waals surface area (Å²) in [5, 5.41) is 23.1. The molecule has 3 N–H and O–H groups in total. The summed E-state index contributed by atoms with van der Waals surface area (Å²) in [4.78, 5) is 12.4. The van der Waals surface area contributed by atoms with Gasteiger partial charge in [-0.05, 0) is 38.5 Å². The highest BCUT2D eigenvalue weighted by Crippen LogP contribution is 2.16. The van der Waals surface area contributed by atoms with Gasteiger partial charge in [0.05, 0.1) is 18.8 Å². The molecule has 2 atom stereocenters. The predicted molar refractivity (Wildman–Crippen MR) is 202 cm³/mol. The van der Waals surface area contributed by atoms with E-state index in [1.165, 1.54) is 154 Å². The topological polar surface area (TPSA) is 69.6 Å². The first-order valence-corrected chi connectivity index (χ1v) is 20.5. The number of aliphatic hydroxyl groups is 2. The van der Waals surface area contributed by atoms with E-state index in [2.05, 4.69) is 43.5 Å². The van der Waals surface area contributed by atoms with E-state index in [1.54, 1.807) is 0 Å². The lowest BCUT2D eigenvalue weighted by molar-refractivity contribution is -0.123. The molecule has 0 aliphatic carbocycles. The molecule has 0 spiro atoms. The van der Waals surface area contributed by atoms with E-state index in [4.69, 9.17) is 0 Å². The van der Waals surface area contributed by atoms with Crippen molar-refractivity contribution in [3.8, 4) is 0 Å². The number of unbranched alkanes of at least 4 members (excludes halogenated alkanes) is 26. The minimum atomic E-state index is -0.655. The normalized spacial score (nSPS) is 13.2. The van der Waals surface area contributed by atoms with E-state index in [0.717, 1.165) is 38.5 Å². The Morgan fingerprint density at radius 1 is 0.543 bits per heavy atom. The van der Waals surface area contributed by atoms with Crippen molar-refractivity contribution in [2.45, 2.75) is 231 Å². The molecule has 0 aliphatic rings. The van der Waals surface area contributed by atoms with Gasteiger partial charge in [0, 0.05) is 6.42 Å². The summed E-state index contributed by atoms with van der Waals surface area (Å²) in [6.07, 6.45) is 48.2. The Bertz CT molecular complexity index is 661. The average molecular weight is 648 g/mol. The van der Waals surface area contributed by atoms with Gasteiger partial charge in [0.15, 0.2) is 0 Å². The Labute approximate surface area is 288 Å². The number of allylic oxidation sites excluding steroid dienone is 4. The summed E-state index contributed by atoms with van der Waals surface area (Å²) in [7, 11) is 0. The quantitative estimate of drug-likeness (QED) is 0.0464. The van der Waals surface area contributed by atoms with Crippen molar-refractivity contribution in [2.24, 2.45) is 0 Å². The van der Waals surface area contributed by atoms with Crippen LogP contribution in [-0.4, -0.2) is 34.9 Å². The lowest BCUT2D eigenvalue weighted by Gasteiger charge is -2.22. The largest absolute Gasteiger partial charge is 0.394 e. The predicted octanol–water partition coefficient (Wildman–Crippen LogP) is 12.5. The van der Waals surface area contributed by atoms with Gasteiger partial charge in [0.2, 0.25) is 5.91 Å². The smallest absolute Gasteiger partial charge is 0.220 e. The van der Waals surface area contributed by atoms with Gasteiger partial charge in [-0.15, -0.1) is 0 Å². The zero-order chi connectivity index (χ0) is 33.6. The second kappa shape index (κ2) is 38.3. The average Bonchev–Trinajstić information content (AvgIpc) is 3.06. The standard InChI is InChI=1S/C42H81NO3/c1-3-5-7-9-11-13-15-17-18-19-20-21-22-23-24-26-28-30-32-34-36-38-42(46)43-40(39-44)41(45)37-35-33-31-29-27-25-16-14-12-10-8-6-4-2/h5,7,11,13,40-41,44-45H,3-4,6,8-10,12,14-39H2,1-2H3,(H,43,46)/b7-5-,13-11-. The lowest BCUT2D eigenvalue weighted by Crippen LogP contribution is -2.45. The van der Waals surface area contributed by atoms with Crippen molar-refractivity contribution in [3.63, 3.8) is 0 Å². The van der Waals surface area contributed by atoms with Crippen molar-refractivity contribution in [1.82, 2.24) is 5.32 Å². The second-order valence-corrected chi connectivity index (χ2v) is 14.0. The summed E-state index contributed by atoms with van der Waals surface area (Å²) >= 11 is 0. The third-order valence-corrected chi connectivity index (χ3v) is 9.48. The molecular formula is C42H81NO3. The van der Waals surface area contributed by atoms with Gasteiger partial charge in [-0.25, -0.2) is 0 Å². The maximum Gasteiger partial charge on any atom is 0.220 e. The molecule has 0 fully saturated rings. The number of nitrogens with one attached hydrogen (secondary N) is 1. The van der Waals surface area contributed by atoms with Crippen molar-refractivity contribution in [2.75, 3.05) is 6.61 Å². The maximum atomic E-state index is 12.4. The summed E-state index contributed by atoms with van der Waals surface area (Å²) in [5.41, 5.74) is 0. The minimum Gasteiger partial charge on any atom is -0.394 e. The summed E-state index contributed by atoms with van der Waals surface area (Å²) in [6.45, 7) is 4.26. The number of rotatable bonds is 37. The van der Waals surface area contributed by atoms with Crippen LogP contribution in [0, 0.1) is 0 Å². The zero-order valence-electron chi connectivity index (χ0n) is 31.1. The first-order chi connectivity index (χ1) is 22.7. The van der Waals surface area contributed by atoms with Gasteiger partial charge in [0.1, 0.15) is 0 Å². The van der Waals surface area contributed by atoms with Crippen LogP contribution in [0.2, 0.25) is 0 Å². The number of carbonyl (C=O) groups is 1. The van der Waals surface area contributed by atoms with E-state index >= 15 is 0 Å². The van der Waals surface area contributed by atoms with E-state index in [-0.39, 0.29) is 12.5 Å². The summed E-state index contributed by atoms with van der Waals surface area (Å²) < 4.78 is 0. The SMILES string of the molecule is CC/C=C\C/C=C\CCCCCCCCCCCCCCCCC(=O)NC(CO)C(O)CCCCCCCCCCCCCCC. The van der Waals surface area contributed by atoms with Crippen molar-refractivity contribution in [1.29, 1.82) is 0 Å². The Morgan fingerprint density at radius 3 is 1.41 bits per heavy atom. The highest BCUT2D eigenvalue weighted by molar-refractivity contribution is 5.76. The van der Waals surface area contributed by atoms with E-state index in [1.807, 2.05) is 0 Å². The van der Waals surface area contributed by atoms with Crippen LogP contribution in [-0.2, 0) is 4.79 Å². The van der Waals surface area contributed by atoms with E-state index < -0.39 is 12.1 Å². The third-order valence-electron chi connectivity index (χ3n) is 9.48. The minimum absolute atomic E-state index is 0.0317. The van der Waals surface area contributed by atoms with Crippen LogP contribution in [0.4, 0.5) is 0 Å². The van der Waals surface area contributed by atoms with Crippen LogP contribution in [0.5, 0.6) is 0 Å². The van der Waals surface area contributed by atoms with Crippen LogP contribution >= 0.6 is 0 Å². The van der Waals surface area contributed by atoms with Crippen molar-refractivity contribution >= 4 is 5.91 Å². The Balaban J connectivity index is 3.49. The molecule has 4 heteroatoms. The van der Waals surface area contributed by atoms with Gasteiger partial charge in [0.25, 0.3) is 0 Å². The van der Waals surface area contributed by atoms with Gasteiger partial charge in [-0.1, -0.05) is 199 Å². The van der Waals surface area contributed by atoms with Gasteiger partial charge in [-0.2, -0.15) is 0 Å². The van der Waals surface area contributed by atoms with Crippen LogP contribution in [0.25, 0.3) is 0 Å². The third kappa shape index (κ3) is 34.2. The molecule has 2 unspecified atom stereocenters. The molecule has 0 radical (unpaired) electrons. The Kier molecular flexibility index (Phi) is 37.4. The molecule has 0 saturated heterocycles. The summed E-state index contributed by atoms with van der Waals surface area (Å²) in [5.74, 6) is -0.0317. The first kappa shape index (κ1) is 44.9. The maximum absolute atomic E-state index is 12.4. The summed E-state index contributed by atoms with van der Waals surface area (Å²) in [6, 6.07) is -0.532. The van der Waals surface area contributed by atoms with E-state index in [0.29, 0.717) is 12.8 Å². The first-order valence-electron chi connectivity index (χ1n) is 20.5. The number of carbonyl (C=O) groups excluding carboxylic acids is 1. The Morgan fingerprint density at radius 2 is 0.957 bits per heavy atom. The van der Waals surface area contributed by atoms with Crippen molar-refractivity contribution < 1.29 is 15.0 Å². The molecule has 0 bridgehead atoms. The van der Waals surface area contributed by atoms with Crippen LogP contribution in [0.1, 0.15) is 219 Å². The molecule has 1 amide bonds. The molecular weight excluding hydrogens is 566 g/mol. The number of amides is 1.